The first-order valence-electron chi connectivity index (χ1n) is 16.5. The number of para-hydroxylation sites is 1. The number of nitrogens with zero attached hydrogens (tertiary/aromatic N) is 4. The minimum absolute atomic E-state index is 0.0399. The molecule has 0 amide bonds. The molecule has 0 radical (unpaired) electrons. The summed E-state index contributed by atoms with van der Waals surface area (Å²) in [4.78, 5) is 12.4. The van der Waals surface area contributed by atoms with Crippen molar-refractivity contribution in [1.29, 1.82) is 0 Å². The molecule has 2 fully saturated rings. The lowest BCUT2D eigenvalue weighted by atomic mass is 9.74. The lowest BCUT2D eigenvalue weighted by Gasteiger charge is -2.39. The number of rotatable bonds is 11. The Kier molecular flexibility index (Phi) is 10.5. The van der Waals surface area contributed by atoms with E-state index in [9.17, 15) is 4.39 Å². The Morgan fingerprint density at radius 2 is 1.51 bits per heavy atom. The van der Waals surface area contributed by atoms with Gasteiger partial charge in [0.25, 0.3) is 0 Å². The molecule has 0 bridgehead atoms. The van der Waals surface area contributed by atoms with Crippen LogP contribution in [-0.2, 0) is 6.42 Å². The lowest BCUT2D eigenvalue weighted by Crippen LogP contribution is -2.33. The van der Waals surface area contributed by atoms with E-state index in [2.05, 4.69) is 96.5 Å². The first kappa shape index (κ1) is 31.7. The maximum absolute atomic E-state index is 13.7. The molecule has 1 aliphatic carbocycles. The highest BCUT2D eigenvalue weighted by Crippen LogP contribution is 2.44. The molecular weight excluding hydrogens is 580 g/mol. The minimum Gasteiger partial charge on any atom is -0.423 e. The van der Waals surface area contributed by atoms with E-state index in [0.29, 0.717) is 17.9 Å². The average molecular weight is 627 g/mol. The van der Waals surface area contributed by atoms with Crippen LogP contribution < -0.4 is 9.80 Å². The molecule has 3 aromatic carbocycles. The third kappa shape index (κ3) is 7.75. The quantitative estimate of drug-likeness (QED) is 0.166. The normalized spacial score (nSPS) is 20.2. The molecule has 2 atom stereocenters. The van der Waals surface area contributed by atoms with Gasteiger partial charge in [0, 0.05) is 49.8 Å². The van der Waals surface area contributed by atoms with Crippen molar-refractivity contribution >= 4 is 23.3 Å². The highest BCUT2D eigenvalue weighted by molar-refractivity contribution is 7.99. The summed E-state index contributed by atoms with van der Waals surface area (Å²) in [5.74, 6) is 4.97. The molecular formula is C38H47FN4OS. The van der Waals surface area contributed by atoms with Gasteiger partial charge in [-0.15, -0.1) is 0 Å². The number of hydrogen-bond acceptors (Lipinski definition) is 6. The molecule has 1 saturated carbocycles. The standard InChI is InChI=1S/C38H47FN4OS/c1-41(2)36(31-18-20-32(39)21-19-31)30-16-14-29(15-17-30)27-35(42(3)33-12-8-5-9-13-33)37-40-34(26-28-10-6-4-7-11-28)38(44-37)43-22-24-45-25-23-43/h4-13,18-21,29-30,35-36H,14-17,22-27H2,1-3H3. The molecule has 45 heavy (non-hydrogen) atoms. The molecule has 4 aromatic rings. The van der Waals surface area contributed by atoms with Crippen LogP contribution in [-0.4, -0.2) is 55.6 Å². The summed E-state index contributed by atoms with van der Waals surface area (Å²) in [6.45, 7) is 1.98. The molecule has 6 rings (SSSR count). The zero-order chi connectivity index (χ0) is 31.2. The molecule has 1 aliphatic heterocycles. The zero-order valence-corrected chi connectivity index (χ0v) is 27.8. The molecule has 2 heterocycles. The number of oxazole rings is 1. The Morgan fingerprint density at radius 1 is 0.867 bits per heavy atom. The van der Waals surface area contributed by atoms with Crippen LogP contribution >= 0.6 is 11.8 Å². The van der Waals surface area contributed by atoms with Gasteiger partial charge in [0.1, 0.15) is 17.6 Å². The molecule has 1 aromatic heterocycles. The van der Waals surface area contributed by atoms with Gasteiger partial charge in [-0.2, -0.15) is 11.8 Å². The molecule has 5 nitrogen and oxygen atoms in total. The van der Waals surface area contributed by atoms with Crippen LogP contribution in [0.4, 0.5) is 16.0 Å². The van der Waals surface area contributed by atoms with Gasteiger partial charge in [0.15, 0.2) is 0 Å². The topological polar surface area (TPSA) is 35.8 Å². The summed E-state index contributed by atoms with van der Waals surface area (Å²) in [5, 5.41) is 0. The van der Waals surface area contributed by atoms with E-state index in [1.807, 2.05) is 23.9 Å². The Labute approximate surface area is 272 Å². The molecule has 0 N–H and O–H groups in total. The Hall–Kier alpha value is -3.29. The zero-order valence-electron chi connectivity index (χ0n) is 26.9. The fourth-order valence-corrected chi connectivity index (χ4v) is 8.30. The van der Waals surface area contributed by atoms with E-state index in [0.717, 1.165) is 67.7 Å². The van der Waals surface area contributed by atoms with Crippen LogP contribution in [0.15, 0.2) is 89.3 Å². The monoisotopic (exact) mass is 626 g/mol. The summed E-state index contributed by atoms with van der Waals surface area (Å²) < 4.78 is 20.6. The van der Waals surface area contributed by atoms with E-state index in [-0.39, 0.29) is 11.9 Å². The van der Waals surface area contributed by atoms with Crippen LogP contribution in [0.5, 0.6) is 0 Å². The second-order valence-electron chi connectivity index (χ2n) is 13.0. The van der Waals surface area contributed by atoms with Gasteiger partial charge >= 0.3 is 0 Å². The van der Waals surface area contributed by atoms with Crippen molar-refractivity contribution in [1.82, 2.24) is 9.88 Å². The van der Waals surface area contributed by atoms with Gasteiger partial charge in [0.2, 0.25) is 11.8 Å². The number of anilines is 2. The molecule has 1 saturated heterocycles. The van der Waals surface area contributed by atoms with Crippen LogP contribution in [0.1, 0.15) is 66.9 Å². The van der Waals surface area contributed by atoms with Gasteiger partial charge in [0.05, 0.1) is 0 Å². The summed E-state index contributed by atoms with van der Waals surface area (Å²) in [6.07, 6.45) is 6.43. The highest BCUT2D eigenvalue weighted by atomic mass is 32.2. The highest BCUT2D eigenvalue weighted by Gasteiger charge is 2.34. The Bertz CT molecular complexity index is 1460. The number of aromatic nitrogens is 1. The first-order valence-corrected chi connectivity index (χ1v) is 17.7. The van der Waals surface area contributed by atoms with Gasteiger partial charge in [-0.25, -0.2) is 9.37 Å². The first-order chi connectivity index (χ1) is 22.0. The number of thioether (sulfide) groups is 1. The molecule has 7 heteroatoms. The van der Waals surface area contributed by atoms with E-state index in [1.165, 1.54) is 29.7 Å². The van der Waals surface area contributed by atoms with Crippen molar-refractivity contribution in [3.05, 3.63) is 113 Å². The second-order valence-corrected chi connectivity index (χ2v) is 14.2. The number of halogens is 1. The number of hydrogen-bond donors (Lipinski definition) is 0. The molecule has 238 valence electrons. The minimum atomic E-state index is -0.172. The van der Waals surface area contributed by atoms with Gasteiger partial charge in [-0.05, 0) is 80.6 Å². The van der Waals surface area contributed by atoms with Crippen LogP contribution in [0, 0.1) is 17.7 Å². The van der Waals surface area contributed by atoms with Crippen LogP contribution in [0.25, 0.3) is 0 Å². The summed E-state index contributed by atoms with van der Waals surface area (Å²) >= 11 is 2.01. The van der Waals surface area contributed by atoms with Crippen molar-refractivity contribution in [3.63, 3.8) is 0 Å². The van der Waals surface area contributed by atoms with E-state index in [4.69, 9.17) is 9.40 Å². The van der Waals surface area contributed by atoms with Crippen molar-refractivity contribution < 1.29 is 8.81 Å². The van der Waals surface area contributed by atoms with Gasteiger partial charge in [-0.3, -0.25) is 0 Å². The van der Waals surface area contributed by atoms with E-state index in [1.54, 1.807) is 12.1 Å². The summed E-state index contributed by atoms with van der Waals surface area (Å²) in [7, 11) is 6.50. The van der Waals surface area contributed by atoms with Gasteiger partial charge < -0.3 is 19.1 Å². The maximum Gasteiger partial charge on any atom is 0.220 e. The largest absolute Gasteiger partial charge is 0.423 e. The van der Waals surface area contributed by atoms with Crippen molar-refractivity contribution in [3.8, 4) is 0 Å². The summed E-state index contributed by atoms with van der Waals surface area (Å²) in [5.41, 5.74) is 4.69. The SMILES string of the molecule is CN(C)C(c1ccc(F)cc1)C1CCC(CC(c2nc(Cc3ccccc3)c(N3CCSCC3)o2)N(C)c2ccccc2)CC1. The van der Waals surface area contributed by atoms with E-state index < -0.39 is 0 Å². The summed E-state index contributed by atoms with van der Waals surface area (Å²) in [6, 6.07) is 28.8. The van der Waals surface area contributed by atoms with E-state index >= 15 is 0 Å². The number of benzene rings is 3. The Balaban J connectivity index is 1.25. The molecule has 2 unspecified atom stereocenters. The van der Waals surface area contributed by atoms with Gasteiger partial charge in [-0.1, -0.05) is 73.5 Å². The van der Waals surface area contributed by atoms with Crippen molar-refractivity contribution in [2.75, 3.05) is 55.5 Å². The lowest BCUT2D eigenvalue weighted by molar-refractivity contribution is 0.142. The predicted molar refractivity (Wildman–Crippen MR) is 186 cm³/mol. The Morgan fingerprint density at radius 3 is 2.16 bits per heavy atom. The fraction of sp³-hybridized carbons (Fsp3) is 0.447. The predicted octanol–water partition coefficient (Wildman–Crippen LogP) is 8.63. The second kappa shape index (κ2) is 14.9. The van der Waals surface area contributed by atoms with Crippen LogP contribution in [0.2, 0.25) is 0 Å². The fourth-order valence-electron chi connectivity index (χ4n) is 7.40. The van der Waals surface area contributed by atoms with Crippen molar-refractivity contribution in [2.24, 2.45) is 11.8 Å². The van der Waals surface area contributed by atoms with Crippen molar-refractivity contribution in [2.45, 2.75) is 50.6 Å². The maximum atomic E-state index is 13.7. The molecule has 0 spiro atoms. The van der Waals surface area contributed by atoms with Crippen LogP contribution in [0.3, 0.4) is 0 Å². The average Bonchev–Trinajstić information content (AvgIpc) is 3.49. The third-order valence-electron chi connectivity index (χ3n) is 9.78. The molecule has 2 aliphatic rings. The smallest absolute Gasteiger partial charge is 0.220 e. The third-order valence-corrected chi connectivity index (χ3v) is 10.7.